The summed E-state index contributed by atoms with van der Waals surface area (Å²) in [5, 5.41) is 9.21. The second kappa shape index (κ2) is 4.99. The Hall–Kier alpha value is -1.06. The van der Waals surface area contributed by atoms with Crippen molar-refractivity contribution < 1.29 is 14.7 Å². The van der Waals surface area contributed by atoms with Crippen molar-refractivity contribution in [3.63, 3.8) is 0 Å². The van der Waals surface area contributed by atoms with Crippen molar-refractivity contribution in [1.82, 2.24) is 4.90 Å². The fourth-order valence-electron chi connectivity index (χ4n) is 5.92. The quantitative estimate of drug-likeness (QED) is 0.850. The monoisotopic (exact) mass is 291 g/mol. The van der Waals surface area contributed by atoms with E-state index in [1.807, 2.05) is 4.90 Å². The number of likely N-dealkylation sites (tertiary alicyclic amines) is 1. The van der Waals surface area contributed by atoms with E-state index in [0.717, 1.165) is 31.2 Å². The van der Waals surface area contributed by atoms with Crippen LogP contribution in [0.15, 0.2) is 0 Å². The molecule has 0 spiro atoms. The van der Waals surface area contributed by atoms with Crippen molar-refractivity contribution >= 4 is 11.9 Å². The first kappa shape index (κ1) is 13.6. The largest absolute Gasteiger partial charge is 0.481 e. The van der Waals surface area contributed by atoms with Crippen LogP contribution in [0.5, 0.6) is 0 Å². The molecule has 5 rings (SSSR count). The summed E-state index contributed by atoms with van der Waals surface area (Å²) < 4.78 is 0. The minimum atomic E-state index is -0.738. The van der Waals surface area contributed by atoms with Gasteiger partial charge in [-0.2, -0.15) is 0 Å². The van der Waals surface area contributed by atoms with Crippen LogP contribution >= 0.6 is 0 Å². The van der Waals surface area contributed by atoms with Crippen molar-refractivity contribution in [2.45, 2.75) is 44.9 Å². The van der Waals surface area contributed by atoms with Crippen LogP contribution in [0.4, 0.5) is 0 Å². The van der Waals surface area contributed by atoms with E-state index in [9.17, 15) is 14.7 Å². The Balaban J connectivity index is 1.48. The second-order valence-corrected chi connectivity index (χ2v) is 7.92. The highest BCUT2D eigenvalue weighted by molar-refractivity contribution is 5.81. The molecule has 1 N–H and O–H groups in total. The average molecular weight is 291 g/mol. The summed E-state index contributed by atoms with van der Waals surface area (Å²) in [4.78, 5) is 26.1. The van der Waals surface area contributed by atoms with Crippen LogP contribution in [-0.4, -0.2) is 35.0 Å². The van der Waals surface area contributed by atoms with Crippen molar-refractivity contribution in [2.24, 2.45) is 35.5 Å². The van der Waals surface area contributed by atoms with Gasteiger partial charge in [0.2, 0.25) is 5.91 Å². The lowest BCUT2D eigenvalue weighted by molar-refractivity contribution is -0.154. The number of nitrogens with zero attached hydrogens (tertiary/aromatic N) is 1. The van der Waals surface area contributed by atoms with Crippen LogP contribution in [0, 0.1) is 35.5 Å². The molecule has 4 saturated carbocycles. The van der Waals surface area contributed by atoms with Crippen LogP contribution in [0.3, 0.4) is 0 Å². The zero-order valence-corrected chi connectivity index (χ0v) is 12.5. The van der Waals surface area contributed by atoms with Crippen molar-refractivity contribution in [1.29, 1.82) is 0 Å². The lowest BCUT2D eigenvalue weighted by Gasteiger charge is -2.54. The number of piperidine rings is 1. The number of amides is 1. The van der Waals surface area contributed by atoms with Crippen molar-refractivity contribution in [3.05, 3.63) is 0 Å². The van der Waals surface area contributed by atoms with Gasteiger partial charge in [0.05, 0.1) is 5.92 Å². The summed E-state index contributed by atoms with van der Waals surface area (Å²) in [5.74, 6) is 2.37. The lowest BCUT2D eigenvalue weighted by atomic mass is 9.51. The molecule has 0 unspecified atom stereocenters. The molecule has 0 radical (unpaired) electrons. The standard InChI is InChI=1S/C17H25NO3/c19-16(18-3-1-2-12(9-18)17(20)21)15-13-5-10-4-11(7-13)8-14(15)6-10/h10-15H,1-9H2,(H,20,21)/t10?,11?,12-,13?,14?,15?/m1/s1. The number of carbonyl (C=O) groups excluding carboxylic acids is 1. The highest BCUT2D eigenvalue weighted by atomic mass is 16.4. The van der Waals surface area contributed by atoms with Crippen LogP contribution in [0.1, 0.15) is 44.9 Å². The van der Waals surface area contributed by atoms with Gasteiger partial charge in [0.25, 0.3) is 0 Å². The smallest absolute Gasteiger partial charge is 0.308 e. The summed E-state index contributed by atoms with van der Waals surface area (Å²) in [6, 6.07) is 0. The molecule has 1 saturated heterocycles. The zero-order chi connectivity index (χ0) is 14.6. The van der Waals surface area contributed by atoms with Crippen molar-refractivity contribution in [3.8, 4) is 0 Å². The van der Waals surface area contributed by atoms with E-state index >= 15 is 0 Å². The van der Waals surface area contributed by atoms with Gasteiger partial charge < -0.3 is 10.0 Å². The summed E-state index contributed by atoms with van der Waals surface area (Å²) in [5.41, 5.74) is 0. The van der Waals surface area contributed by atoms with E-state index in [1.54, 1.807) is 0 Å². The van der Waals surface area contributed by atoms with Gasteiger partial charge in [-0.25, -0.2) is 0 Å². The Kier molecular flexibility index (Phi) is 3.23. The molecule has 21 heavy (non-hydrogen) atoms. The first-order valence-corrected chi connectivity index (χ1v) is 8.63. The maximum atomic E-state index is 13.0. The van der Waals surface area contributed by atoms with Crippen LogP contribution < -0.4 is 0 Å². The van der Waals surface area contributed by atoms with Gasteiger partial charge in [-0.1, -0.05) is 0 Å². The molecule has 0 aromatic heterocycles. The molecule has 116 valence electrons. The molecule has 4 aliphatic carbocycles. The number of hydrogen-bond acceptors (Lipinski definition) is 2. The highest BCUT2D eigenvalue weighted by Crippen LogP contribution is 2.56. The molecule has 1 aliphatic heterocycles. The number of aliphatic carboxylic acids is 1. The number of carbonyl (C=O) groups is 2. The molecule has 1 amide bonds. The highest BCUT2D eigenvalue weighted by Gasteiger charge is 2.51. The normalized spacial score (nSPS) is 44.9. The van der Waals surface area contributed by atoms with Gasteiger partial charge in [0.1, 0.15) is 0 Å². The minimum Gasteiger partial charge on any atom is -0.481 e. The average Bonchev–Trinajstić information content (AvgIpc) is 2.46. The molecular weight excluding hydrogens is 266 g/mol. The number of carboxylic acids is 1. The fourth-order valence-corrected chi connectivity index (χ4v) is 5.92. The Morgan fingerprint density at radius 2 is 1.57 bits per heavy atom. The number of carboxylic acid groups (broad SMARTS) is 1. The van der Waals surface area contributed by atoms with Gasteiger partial charge in [-0.05, 0) is 68.6 Å². The van der Waals surface area contributed by atoms with Gasteiger partial charge in [0, 0.05) is 19.0 Å². The Morgan fingerprint density at radius 3 is 2.14 bits per heavy atom. The third kappa shape index (κ3) is 2.27. The summed E-state index contributed by atoms with van der Waals surface area (Å²) in [6.45, 7) is 1.21. The molecule has 4 heteroatoms. The third-order valence-electron chi connectivity index (χ3n) is 6.59. The zero-order valence-electron chi connectivity index (χ0n) is 12.5. The van der Waals surface area contributed by atoms with Gasteiger partial charge >= 0.3 is 5.97 Å². The van der Waals surface area contributed by atoms with E-state index in [0.29, 0.717) is 18.4 Å². The topological polar surface area (TPSA) is 57.6 Å². The molecule has 5 aliphatic rings. The van der Waals surface area contributed by atoms with Crippen LogP contribution in [-0.2, 0) is 9.59 Å². The maximum absolute atomic E-state index is 13.0. The summed E-state index contributed by atoms with van der Waals surface area (Å²) in [6.07, 6.45) is 7.97. The first-order chi connectivity index (χ1) is 10.1. The molecule has 5 fully saturated rings. The number of hydrogen-bond donors (Lipinski definition) is 1. The third-order valence-corrected chi connectivity index (χ3v) is 6.59. The molecule has 1 atom stereocenters. The maximum Gasteiger partial charge on any atom is 0.308 e. The Bertz CT molecular complexity index is 433. The fraction of sp³-hybridized carbons (Fsp3) is 0.882. The minimum absolute atomic E-state index is 0.213. The lowest BCUT2D eigenvalue weighted by Crippen LogP contribution is -2.54. The van der Waals surface area contributed by atoms with Crippen LogP contribution in [0.25, 0.3) is 0 Å². The molecule has 1 heterocycles. The summed E-state index contributed by atoms with van der Waals surface area (Å²) >= 11 is 0. The van der Waals surface area contributed by atoms with E-state index in [1.165, 1.54) is 32.1 Å². The van der Waals surface area contributed by atoms with Gasteiger partial charge in [0.15, 0.2) is 0 Å². The molecule has 0 aromatic carbocycles. The predicted molar refractivity (Wildman–Crippen MR) is 77.5 cm³/mol. The van der Waals surface area contributed by atoms with Gasteiger partial charge in [-0.3, -0.25) is 9.59 Å². The summed E-state index contributed by atoms with van der Waals surface area (Å²) in [7, 11) is 0. The number of rotatable bonds is 2. The first-order valence-electron chi connectivity index (χ1n) is 8.63. The van der Waals surface area contributed by atoms with Crippen LogP contribution in [0.2, 0.25) is 0 Å². The van der Waals surface area contributed by atoms with E-state index in [2.05, 4.69) is 0 Å². The van der Waals surface area contributed by atoms with E-state index in [4.69, 9.17) is 0 Å². The molecule has 4 nitrogen and oxygen atoms in total. The second-order valence-electron chi connectivity index (χ2n) is 7.92. The van der Waals surface area contributed by atoms with Crippen molar-refractivity contribution in [2.75, 3.05) is 13.1 Å². The predicted octanol–water partition coefficient (Wildman–Crippen LogP) is 2.38. The SMILES string of the molecule is O=C(O)[C@@H]1CCCN(C(=O)C2C3CC4CC(C3)CC2C4)C1. The molecule has 4 bridgehead atoms. The molecular formula is C17H25NO3. The Morgan fingerprint density at radius 1 is 0.952 bits per heavy atom. The van der Waals surface area contributed by atoms with Gasteiger partial charge in [-0.15, -0.1) is 0 Å². The van der Waals surface area contributed by atoms with E-state index < -0.39 is 5.97 Å². The van der Waals surface area contributed by atoms with E-state index in [-0.39, 0.29) is 17.7 Å². The Labute approximate surface area is 125 Å². The molecule has 0 aromatic rings.